The second-order valence-corrected chi connectivity index (χ2v) is 9.90. The monoisotopic (exact) mass is 650 g/mol. The van der Waals surface area contributed by atoms with Gasteiger partial charge in [0.05, 0.1) is 0 Å². The molecular weight excluding hydrogens is 612 g/mol. The van der Waals surface area contributed by atoms with Crippen molar-refractivity contribution in [2.45, 2.75) is 110 Å². The highest BCUT2D eigenvalue weighted by molar-refractivity contribution is 5.69. The molecule has 0 bridgehead atoms. The Hall–Kier alpha value is -3.87. The van der Waals surface area contributed by atoms with Crippen molar-refractivity contribution in [2.75, 3.05) is 20.3 Å². The van der Waals surface area contributed by atoms with Crippen LogP contribution < -0.4 is 0 Å². The van der Waals surface area contributed by atoms with Crippen LogP contribution in [0.15, 0.2) is 0 Å². The molecule has 2 aliphatic rings. The van der Waals surface area contributed by atoms with Gasteiger partial charge in [-0.05, 0) is 0 Å². The zero-order valence-corrected chi connectivity index (χ0v) is 26.0. The molecule has 45 heavy (non-hydrogen) atoms. The molecule has 0 radical (unpaired) electrons. The van der Waals surface area contributed by atoms with Gasteiger partial charge in [-0.2, -0.15) is 0 Å². The maximum absolute atomic E-state index is 12.2. The molecule has 0 spiro atoms. The Bertz CT molecular complexity index is 1110. The van der Waals surface area contributed by atoms with E-state index in [1.54, 1.807) is 0 Å². The van der Waals surface area contributed by atoms with Crippen LogP contribution in [0.1, 0.15) is 48.5 Å². The van der Waals surface area contributed by atoms with E-state index < -0.39 is 116 Å². The van der Waals surface area contributed by atoms with Crippen LogP contribution in [-0.2, 0) is 85.7 Å². The summed E-state index contributed by atoms with van der Waals surface area (Å²) >= 11 is 0. The summed E-state index contributed by atoms with van der Waals surface area (Å²) in [6, 6.07) is 0. The molecule has 0 amide bonds. The summed E-state index contributed by atoms with van der Waals surface area (Å²) in [4.78, 5) is 84.0. The van der Waals surface area contributed by atoms with Crippen LogP contribution in [0.4, 0.5) is 0 Å². The SMILES string of the molecule is CO[C@H]1O[C@H](COC(C)=O)[C@H](O[C@H]2O[C@H](COC(C)=O)[C@@H](OC(C)=O)[C@H](OC(C)=O)[C@H]2OC(C)=O)[C@H](OC(C)=O)[C@H]1OC(C)=O. The van der Waals surface area contributed by atoms with Crippen molar-refractivity contribution < 1.29 is 85.7 Å². The molecule has 18 heteroatoms. The van der Waals surface area contributed by atoms with Crippen LogP contribution in [0.3, 0.4) is 0 Å². The number of hydrogen-bond acceptors (Lipinski definition) is 18. The van der Waals surface area contributed by atoms with Gasteiger partial charge >= 0.3 is 41.8 Å². The summed E-state index contributed by atoms with van der Waals surface area (Å²) in [5.74, 6) is -5.76. The average molecular weight is 651 g/mol. The Kier molecular flexibility index (Phi) is 14.1. The molecule has 10 atom stereocenters. The number of carbonyl (C=O) groups excluding carboxylic acids is 7. The summed E-state index contributed by atoms with van der Waals surface area (Å²) in [6.45, 7) is 6.44. The summed E-state index contributed by atoms with van der Waals surface area (Å²) in [6.07, 6.45) is -15.0. The number of methoxy groups -OCH3 is 1. The van der Waals surface area contributed by atoms with E-state index in [9.17, 15) is 33.6 Å². The number of ether oxygens (including phenoxy) is 11. The van der Waals surface area contributed by atoms with Gasteiger partial charge in [0.1, 0.15) is 31.5 Å². The van der Waals surface area contributed by atoms with Crippen LogP contribution in [0.5, 0.6) is 0 Å². The second kappa shape index (κ2) is 17.0. The third kappa shape index (κ3) is 11.2. The first kappa shape index (κ1) is 37.3. The predicted octanol–water partition coefficient (Wildman–Crippen LogP) is -0.747. The molecule has 0 unspecified atom stereocenters. The Morgan fingerprint density at radius 2 is 0.778 bits per heavy atom. The van der Waals surface area contributed by atoms with E-state index in [2.05, 4.69) is 0 Å². The van der Waals surface area contributed by atoms with E-state index >= 15 is 0 Å². The van der Waals surface area contributed by atoms with Crippen LogP contribution in [0.2, 0.25) is 0 Å². The molecule has 2 saturated heterocycles. The van der Waals surface area contributed by atoms with Crippen molar-refractivity contribution in [3.63, 3.8) is 0 Å². The van der Waals surface area contributed by atoms with Crippen molar-refractivity contribution in [3.8, 4) is 0 Å². The first-order chi connectivity index (χ1) is 21.0. The highest BCUT2D eigenvalue weighted by Crippen LogP contribution is 2.35. The Morgan fingerprint density at radius 3 is 1.18 bits per heavy atom. The third-order valence-corrected chi connectivity index (χ3v) is 6.12. The average Bonchev–Trinajstić information content (AvgIpc) is 2.90. The fourth-order valence-electron chi connectivity index (χ4n) is 4.66. The molecule has 2 rings (SSSR count). The largest absolute Gasteiger partial charge is 0.463 e. The van der Waals surface area contributed by atoms with Gasteiger partial charge in [0, 0.05) is 55.6 Å². The van der Waals surface area contributed by atoms with E-state index in [0.29, 0.717) is 0 Å². The molecule has 0 aliphatic carbocycles. The quantitative estimate of drug-likeness (QED) is 0.187. The van der Waals surface area contributed by atoms with E-state index in [-0.39, 0.29) is 0 Å². The van der Waals surface area contributed by atoms with E-state index in [0.717, 1.165) is 48.5 Å². The van der Waals surface area contributed by atoms with Crippen LogP contribution in [0, 0.1) is 0 Å². The van der Waals surface area contributed by atoms with Crippen molar-refractivity contribution in [2.24, 2.45) is 0 Å². The smallest absolute Gasteiger partial charge is 0.303 e. The van der Waals surface area contributed by atoms with Crippen molar-refractivity contribution in [3.05, 3.63) is 0 Å². The fourth-order valence-corrected chi connectivity index (χ4v) is 4.66. The van der Waals surface area contributed by atoms with E-state index in [1.807, 2.05) is 0 Å². The van der Waals surface area contributed by atoms with Crippen LogP contribution in [-0.4, -0.2) is 124 Å². The molecular formula is C27H38O18. The summed E-state index contributed by atoms with van der Waals surface area (Å²) in [5.41, 5.74) is 0. The molecule has 0 aromatic carbocycles. The van der Waals surface area contributed by atoms with Gasteiger partial charge in [-0.1, -0.05) is 0 Å². The lowest BCUT2D eigenvalue weighted by atomic mass is 9.96. The Morgan fingerprint density at radius 1 is 0.444 bits per heavy atom. The topological polar surface area (TPSA) is 221 Å². The van der Waals surface area contributed by atoms with Gasteiger partial charge < -0.3 is 52.1 Å². The first-order valence-electron chi connectivity index (χ1n) is 13.7. The number of rotatable bonds is 12. The lowest BCUT2D eigenvalue weighted by Gasteiger charge is -2.48. The van der Waals surface area contributed by atoms with Gasteiger partial charge in [0.15, 0.2) is 43.1 Å². The number of hydrogen-bond donors (Lipinski definition) is 0. The van der Waals surface area contributed by atoms with Gasteiger partial charge in [0.25, 0.3) is 0 Å². The molecule has 254 valence electrons. The van der Waals surface area contributed by atoms with Crippen LogP contribution in [0.25, 0.3) is 0 Å². The van der Waals surface area contributed by atoms with Gasteiger partial charge in [-0.25, -0.2) is 0 Å². The predicted molar refractivity (Wildman–Crippen MR) is 140 cm³/mol. The minimum atomic E-state index is -1.76. The second-order valence-electron chi connectivity index (χ2n) is 9.90. The normalized spacial score (nSPS) is 31.0. The standard InChI is InChI=1S/C27H38O18/c1-11(28)36-9-18-20(38-13(3)30)22(39-14(4)31)25(42-17(7)34)27(44-18)45-21-19(10-37-12(2)29)43-26(35-8)24(41-16(6)33)23(21)40-15(5)32/h18-27H,9-10H2,1-8H3/t18-,19-,20-,21+,22+,23+,24-,25-,26+,27-/m1/s1. The molecule has 2 fully saturated rings. The number of esters is 7. The maximum atomic E-state index is 12.2. The lowest BCUT2D eigenvalue weighted by Crippen LogP contribution is -2.67. The molecule has 0 N–H and O–H groups in total. The lowest BCUT2D eigenvalue weighted by molar-refractivity contribution is -0.359. The molecule has 0 aromatic heterocycles. The highest BCUT2D eigenvalue weighted by atomic mass is 16.8. The van der Waals surface area contributed by atoms with Gasteiger partial charge in [-0.15, -0.1) is 0 Å². The zero-order chi connectivity index (χ0) is 34.0. The number of carbonyl (C=O) groups is 7. The van der Waals surface area contributed by atoms with Crippen molar-refractivity contribution >= 4 is 41.8 Å². The minimum Gasteiger partial charge on any atom is -0.463 e. The maximum Gasteiger partial charge on any atom is 0.303 e. The van der Waals surface area contributed by atoms with Crippen molar-refractivity contribution in [1.29, 1.82) is 0 Å². The summed E-state index contributed by atoms with van der Waals surface area (Å²) in [5, 5.41) is 0. The van der Waals surface area contributed by atoms with Crippen LogP contribution >= 0.6 is 0 Å². The Balaban J connectivity index is 2.69. The molecule has 0 aromatic rings. The molecule has 0 saturated carbocycles. The third-order valence-electron chi connectivity index (χ3n) is 6.12. The molecule has 18 nitrogen and oxygen atoms in total. The first-order valence-corrected chi connectivity index (χ1v) is 13.7. The summed E-state index contributed by atoms with van der Waals surface area (Å²) < 4.78 is 60.6. The molecule has 2 aliphatic heterocycles. The summed E-state index contributed by atoms with van der Waals surface area (Å²) in [7, 11) is 1.22. The fraction of sp³-hybridized carbons (Fsp3) is 0.741. The van der Waals surface area contributed by atoms with E-state index in [1.165, 1.54) is 7.11 Å². The van der Waals surface area contributed by atoms with Gasteiger partial charge in [-0.3, -0.25) is 33.6 Å². The minimum absolute atomic E-state index is 0.504. The zero-order valence-electron chi connectivity index (χ0n) is 26.0. The highest BCUT2D eigenvalue weighted by Gasteiger charge is 2.57. The van der Waals surface area contributed by atoms with Crippen molar-refractivity contribution in [1.82, 2.24) is 0 Å². The van der Waals surface area contributed by atoms with E-state index in [4.69, 9.17) is 52.1 Å². The van der Waals surface area contributed by atoms with Gasteiger partial charge in [0.2, 0.25) is 0 Å². The molecule has 2 heterocycles. The Labute approximate surface area is 258 Å².